The number of carboxylic acid groups (broad SMARTS) is 1. The normalized spacial score (nSPS) is 17.2. The van der Waals surface area contributed by atoms with Gasteiger partial charge in [-0.25, -0.2) is 15.5 Å². The van der Waals surface area contributed by atoms with Gasteiger partial charge in [-0.15, -0.1) is 5.11 Å². The number of carbonyl (C=O) groups is 7. The fraction of sp³-hybridized carbons (Fsp3) is 0.512. The second kappa shape index (κ2) is 36.0. The Morgan fingerprint density at radius 1 is 0.875 bits per heavy atom. The van der Waals surface area contributed by atoms with E-state index in [1.54, 1.807) is 43.0 Å². The molecule has 2 aromatic heterocycles. The molecule has 1 saturated heterocycles. The molecule has 6 amide bonds. The third-order valence-corrected chi connectivity index (χ3v) is 9.85. The Balaban J connectivity index is 0.00000138. The number of rotatable bonds is 22. The van der Waals surface area contributed by atoms with Crippen molar-refractivity contribution < 1.29 is 78.8 Å². The Morgan fingerprint density at radius 2 is 1.53 bits per heavy atom. The second-order valence-corrected chi connectivity index (χ2v) is 15.7. The van der Waals surface area contributed by atoms with E-state index in [9.17, 15) is 38.7 Å². The van der Waals surface area contributed by atoms with Gasteiger partial charge in [-0.3, -0.25) is 48.6 Å². The standard InChI is InChI=1S/C35H48N12O9.C6H15NO3.C2H3N3.Tc/c1-19(2)29-34(55)44-23(5-3-12-40-35(36)37)31(52)42-18-27(48)43-25(16-28(49)50)32(53)45-24(33(54)46-29)15-20-6-9-22(10-7-20)56-14-4-13-39-30(51)21-8-11-26(47-38)41-17-21;8-4-1-7(2-5-9)3-6-10;1-3-2-5-4-1;/h6-11,17,19,23-25,29,38H,3-5,12-16,18H2,1-2H3,(H,39,51)(H,42,52)(H,43,48)(H,44,55)(H,45,53)(H,46,54)(H,49,50)(H4,36,37,40);8-10H,1-6H2;1-2H,(H,3,4,5);/t23-,24+,25-,29-;;;/m0.../s1/i;;;1+1. The molecule has 4 atom stereocenters. The van der Waals surface area contributed by atoms with Crippen molar-refractivity contribution in [3.8, 4) is 5.75 Å². The number of benzene rings is 1. The maximum atomic E-state index is 13.8. The molecule has 16 N–H and O–H groups in total. The fourth-order valence-corrected chi connectivity index (χ4v) is 6.26. The van der Waals surface area contributed by atoms with E-state index in [1.165, 1.54) is 31.0 Å². The summed E-state index contributed by atoms with van der Waals surface area (Å²) in [6, 6.07) is 4.26. The molecule has 397 valence electrons. The van der Waals surface area contributed by atoms with Crippen LogP contribution in [0, 0.1) is 11.4 Å². The van der Waals surface area contributed by atoms with Crippen LogP contribution in [0.5, 0.6) is 5.75 Å². The van der Waals surface area contributed by atoms with E-state index in [2.05, 4.69) is 62.2 Å². The number of aliphatic hydroxyl groups is 3. The van der Waals surface area contributed by atoms with Crippen LogP contribution in [-0.2, 0) is 55.3 Å². The molecule has 1 aliphatic heterocycles. The quantitative estimate of drug-likeness (QED) is 0.0204. The number of nitrogens with zero attached hydrogens (tertiary/aromatic N) is 6. The van der Waals surface area contributed by atoms with Gasteiger partial charge < -0.3 is 68.5 Å². The minimum absolute atomic E-state index is 0. The first-order valence-electron chi connectivity index (χ1n) is 22.4. The molecule has 72 heavy (non-hydrogen) atoms. The van der Waals surface area contributed by atoms with E-state index in [0.29, 0.717) is 49.5 Å². The molecular formula is C43H66N16O12Tc. The number of guanidine groups is 1. The van der Waals surface area contributed by atoms with Crippen molar-refractivity contribution in [3.63, 3.8) is 0 Å². The van der Waals surface area contributed by atoms with Crippen LogP contribution >= 0.6 is 0 Å². The fourth-order valence-electron chi connectivity index (χ4n) is 6.26. The molecule has 0 aliphatic carbocycles. The zero-order valence-corrected chi connectivity index (χ0v) is 41.8. The molecule has 1 fully saturated rings. The summed E-state index contributed by atoms with van der Waals surface area (Å²) in [5, 5.41) is 59.4. The molecule has 1 radical (unpaired) electrons. The van der Waals surface area contributed by atoms with Gasteiger partial charge in [-0.1, -0.05) is 26.0 Å². The number of aliphatic hydroxyl groups excluding tert-OH is 3. The molecule has 0 saturated carbocycles. The number of ether oxygens (including phenoxy) is 1. The van der Waals surface area contributed by atoms with Crippen molar-refractivity contribution in [2.24, 2.45) is 27.5 Å². The van der Waals surface area contributed by atoms with Crippen LogP contribution in [0.1, 0.15) is 55.5 Å². The van der Waals surface area contributed by atoms with Gasteiger partial charge in [-0.05, 0) is 55.0 Å². The summed E-state index contributed by atoms with van der Waals surface area (Å²) in [7, 11) is 0. The first-order chi connectivity index (χ1) is 34.0. The number of aromatic nitrogens is 4. The van der Waals surface area contributed by atoms with Crippen molar-refractivity contribution >= 4 is 53.2 Å². The van der Waals surface area contributed by atoms with Crippen molar-refractivity contribution in [3.05, 3.63) is 66.4 Å². The number of nitrogens with one attached hydrogen (secondary N) is 8. The number of hydrogen-bond acceptors (Lipinski definition) is 18. The van der Waals surface area contributed by atoms with Crippen LogP contribution in [0.4, 0.5) is 5.82 Å². The number of amides is 6. The van der Waals surface area contributed by atoms with Gasteiger partial charge in [0.05, 0.1) is 45.0 Å². The number of carbonyl (C=O) groups excluding carboxylic acids is 6. The van der Waals surface area contributed by atoms with Gasteiger partial charge in [0.2, 0.25) is 29.5 Å². The number of carboxylic acids is 1. The molecule has 1 aliphatic rings. The zero-order chi connectivity index (χ0) is 52.6. The van der Waals surface area contributed by atoms with Crippen LogP contribution < -0.4 is 48.1 Å². The minimum Gasteiger partial charge on any atom is -0.494 e. The maximum absolute atomic E-state index is 13.8. The Bertz CT molecular complexity index is 2100. The molecule has 3 aromatic rings. The smallest absolute Gasteiger partial charge is 0.305 e. The van der Waals surface area contributed by atoms with Crippen molar-refractivity contribution in [2.45, 2.75) is 70.1 Å². The molecule has 3 heterocycles. The second-order valence-electron chi connectivity index (χ2n) is 15.7. The number of H-pyrrole nitrogens is 1. The van der Waals surface area contributed by atoms with Crippen LogP contribution in [0.25, 0.3) is 0 Å². The van der Waals surface area contributed by atoms with E-state index in [0.717, 1.165) is 0 Å². The molecule has 0 bridgehead atoms. The number of hydrogen-bond donors (Lipinski definition) is 14. The summed E-state index contributed by atoms with van der Waals surface area (Å²) in [6.45, 7) is 5.16. The number of aliphatic imine (C=N–C) groups is 1. The average molecular weight is 1100 g/mol. The topological polar surface area (TPSA) is 440 Å². The Labute approximate surface area is 428 Å². The van der Waals surface area contributed by atoms with Crippen molar-refractivity contribution in [2.75, 3.05) is 65.7 Å². The first kappa shape index (κ1) is 63.0. The molecular weight excluding hydrogens is 1030 g/mol. The number of aliphatic carboxylic acids is 1. The van der Waals surface area contributed by atoms with E-state index < -0.39 is 78.6 Å². The van der Waals surface area contributed by atoms with Gasteiger partial charge in [0.1, 0.15) is 42.6 Å². The van der Waals surface area contributed by atoms with Crippen LogP contribution in [0.2, 0.25) is 0 Å². The van der Waals surface area contributed by atoms with E-state index >= 15 is 0 Å². The van der Waals surface area contributed by atoms with E-state index in [-0.39, 0.29) is 90.0 Å². The van der Waals surface area contributed by atoms with Gasteiger partial charge >= 0.3 is 5.97 Å². The SMILES string of the molecule is CC(C)[C@@H]1NC(=O)[C@@H](Cc2ccc(OCCCNC(=O)c3ccc(N=N)nc3)cc2)NC(=O)[C@H](CC(=O)O)NC(=O)CNC(=O)[C@H](CCCN=C(N)N)NC1=O.OCCN(CCO)CCO.[99Tc].c1nc[nH]n1. The number of aromatic amines is 1. The van der Waals surface area contributed by atoms with E-state index in [1.807, 2.05) is 0 Å². The van der Waals surface area contributed by atoms with Crippen molar-refractivity contribution in [1.82, 2.24) is 57.0 Å². The van der Waals surface area contributed by atoms with Gasteiger partial charge in [0.25, 0.3) is 5.91 Å². The Hall–Kier alpha value is -7.04. The molecule has 29 heteroatoms. The number of nitrogens with two attached hydrogens (primary N) is 2. The van der Waals surface area contributed by atoms with Gasteiger partial charge in [0, 0.05) is 65.4 Å². The molecule has 28 nitrogen and oxygen atoms in total. The summed E-state index contributed by atoms with van der Waals surface area (Å²) in [5.41, 5.74) is 18.6. The average Bonchev–Trinajstić information content (AvgIpc) is 3.94. The third kappa shape index (κ3) is 25.7. The monoisotopic (exact) mass is 1100 g/mol. The summed E-state index contributed by atoms with van der Waals surface area (Å²) in [5.74, 6) is -5.82. The molecule has 0 unspecified atom stereocenters. The van der Waals surface area contributed by atoms with Crippen LogP contribution in [-0.4, -0.2) is 183 Å². The summed E-state index contributed by atoms with van der Waals surface area (Å²) < 4.78 is 5.77. The largest absolute Gasteiger partial charge is 0.494 e. The van der Waals surface area contributed by atoms with Crippen LogP contribution in [0.3, 0.4) is 0 Å². The number of pyridine rings is 1. The summed E-state index contributed by atoms with van der Waals surface area (Å²) >= 11 is 0. The predicted octanol–water partition coefficient (Wildman–Crippen LogP) is -3.19. The van der Waals surface area contributed by atoms with Crippen molar-refractivity contribution in [1.29, 1.82) is 5.53 Å². The zero-order valence-electron chi connectivity index (χ0n) is 40.0. The Kier molecular flexibility index (Phi) is 31.5. The molecule has 1 aromatic carbocycles. The summed E-state index contributed by atoms with van der Waals surface area (Å²) in [4.78, 5) is 104. The van der Waals surface area contributed by atoms with Crippen LogP contribution in [0.15, 0.2) is 65.4 Å². The minimum atomic E-state index is -1.62. The van der Waals surface area contributed by atoms with Gasteiger partial charge in [-0.2, -0.15) is 5.10 Å². The van der Waals surface area contributed by atoms with E-state index in [4.69, 9.17) is 37.1 Å². The third-order valence-electron chi connectivity index (χ3n) is 9.85. The predicted molar refractivity (Wildman–Crippen MR) is 253 cm³/mol. The maximum Gasteiger partial charge on any atom is 0.305 e. The Morgan fingerprint density at radius 3 is 2.06 bits per heavy atom. The van der Waals surface area contributed by atoms with Gasteiger partial charge in [0.15, 0.2) is 11.8 Å². The first-order valence-corrected chi connectivity index (χ1v) is 22.4. The summed E-state index contributed by atoms with van der Waals surface area (Å²) in [6.07, 6.45) is 4.15. The molecule has 4 rings (SSSR count). The molecule has 0 spiro atoms.